The van der Waals surface area contributed by atoms with Crippen LogP contribution in [0.3, 0.4) is 0 Å². The first-order valence-electron chi connectivity index (χ1n) is 7.18. The highest BCUT2D eigenvalue weighted by molar-refractivity contribution is 6.29. The van der Waals surface area contributed by atoms with Gasteiger partial charge in [-0.1, -0.05) is 18.0 Å². The van der Waals surface area contributed by atoms with Gasteiger partial charge in [-0.25, -0.2) is 0 Å². The second-order valence-electron chi connectivity index (χ2n) is 5.23. The third-order valence-electron chi connectivity index (χ3n) is 3.71. The van der Waals surface area contributed by atoms with Crippen molar-refractivity contribution < 1.29 is 4.79 Å². The molecule has 1 amide bonds. The van der Waals surface area contributed by atoms with Crippen LogP contribution < -0.4 is 5.32 Å². The van der Waals surface area contributed by atoms with Crippen LogP contribution in [0.4, 0.5) is 0 Å². The molecule has 0 aromatic carbocycles. The SMILES string of the molecule is CC1CCCCN1CCCNC(=O)c1ccc(Cl)nn1. The molecule has 0 spiro atoms. The van der Waals surface area contributed by atoms with E-state index in [4.69, 9.17) is 11.6 Å². The van der Waals surface area contributed by atoms with Crippen LogP contribution in [0.5, 0.6) is 0 Å². The minimum absolute atomic E-state index is 0.194. The van der Waals surface area contributed by atoms with Gasteiger partial charge in [-0.2, -0.15) is 0 Å². The summed E-state index contributed by atoms with van der Waals surface area (Å²) in [5.74, 6) is -0.194. The van der Waals surface area contributed by atoms with Crippen molar-refractivity contribution in [3.8, 4) is 0 Å². The summed E-state index contributed by atoms with van der Waals surface area (Å²) < 4.78 is 0. The smallest absolute Gasteiger partial charge is 0.271 e. The maximum Gasteiger partial charge on any atom is 0.271 e. The number of amides is 1. The lowest BCUT2D eigenvalue weighted by atomic mass is 10.0. The molecule has 0 aliphatic carbocycles. The highest BCUT2D eigenvalue weighted by atomic mass is 35.5. The molecule has 1 saturated heterocycles. The molecule has 5 nitrogen and oxygen atoms in total. The maximum atomic E-state index is 11.8. The monoisotopic (exact) mass is 296 g/mol. The van der Waals surface area contributed by atoms with E-state index in [0.717, 1.165) is 13.0 Å². The molecule has 2 rings (SSSR count). The molecule has 1 atom stereocenters. The lowest BCUT2D eigenvalue weighted by Gasteiger charge is -2.33. The molecule has 1 aliphatic heterocycles. The van der Waals surface area contributed by atoms with E-state index >= 15 is 0 Å². The maximum absolute atomic E-state index is 11.8. The zero-order valence-corrected chi connectivity index (χ0v) is 12.6. The average Bonchev–Trinajstić information content (AvgIpc) is 2.46. The van der Waals surface area contributed by atoms with Gasteiger partial charge in [0.25, 0.3) is 5.91 Å². The van der Waals surface area contributed by atoms with E-state index in [9.17, 15) is 4.79 Å². The summed E-state index contributed by atoms with van der Waals surface area (Å²) in [6, 6.07) is 3.82. The lowest BCUT2D eigenvalue weighted by molar-refractivity contribution is 0.0943. The van der Waals surface area contributed by atoms with Crippen LogP contribution in [0.1, 0.15) is 43.1 Å². The summed E-state index contributed by atoms with van der Waals surface area (Å²) in [7, 11) is 0. The number of aromatic nitrogens is 2. The highest BCUT2D eigenvalue weighted by Crippen LogP contribution is 2.16. The van der Waals surface area contributed by atoms with Gasteiger partial charge in [-0.05, 0) is 44.9 Å². The number of halogens is 1. The van der Waals surface area contributed by atoms with Crippen molar-refractivity contribution in [3.05, 3.63) is 23.0 Å². The summed E-state index contributed by atoms with van der Waals surface area (Å²) in [6.45, 7) is 5.15. The zero-order valence-electron chi connectivity index (χ0n) is 11.8. The molecule has 6 heteroatoms. The van der Waals surface area contributed by atoms with E-state index in [1.54, 1.807) is 12.1 Å². The van der Waals surface area contributed by atoms with Gasteiger partial charge in [0.15, 0.2) is 10.8 Å². The number of likely N-dealkylation sites (tertiary alicyclic amines) is 1. The molecule has 0 bridgehead atoms. The van der Waals surface area contributed by atoms with E-state index in [0.29, 0.717) is 23.4 Å². The van der Waals surface area contributed by atoms with Crippen LogP contribution in [0, 0.1) is 0 Å². The average molecular weight is 297 g/mol. The molecule has 2 heterocycles. The normalized spacial score (nSPS) is 19.8. The summed E-state index contributed by atoms with van der Waals surface area (Å²) in [5.41, 5.74) is 0.306. The Bertz CT molecular complexity index is 437. The Kier molecular flexibility index (Phi) is 5.73. The fourth-order valence-corrected chi connectivity index (χ4v) is 2.60. The molecule has 110 valence electrons. The molecule has 0 radical (unpaired) electrons. The molecule has 1 aromatic rings. The molecule has 1 unspecified atom stereocenters. The van der Waals surface area contributed by atoms with Gasteiger partial charge >= 0.3 is 0 Å². The van der Waals surface area contributed by atoms with Crippen LogP contribution in [0.25, 0.3) is 0 Å². The quantitative estimate of drug-likeness (QED) is 0.846. The van der Waals surface area contributed by atoms with Crippen LogP contribution in [-0.4, -0.2) is 46.7 Å². The first-order valence-corrected chi connectivity index (χ1v) is 7.56. The topological polar surface area (TPSA) is 58.1 Å². The number of piperidine rings is 1. The fourth-order valence-electron chi connectivity index (χ4n) is 2.50. The van der Waals surface area contributed by atoms with Gasteiger partial charge in [0.1, 0.15) is 0 Å². The molecule has 1 N–H and O–H groups in total. The Morgan fingerprint density at radius 2 is 2.30 bits per heavy atom. The van der Waals surface area contributed by atoms with E-state index in [1.807, 2.05) is 0 Å². The Balaban J connectivity index is 1.67. The second-order valence-corrected chi connectivity index (χ2v) is 5.62. The van der Waals surface area contributed by atoms with Crippen LogP contribution >= 0.6 is 11.6 Å². The van der Waals surface area contributed by atoms with Gasteiger partial charge < -0.3 is 10.2 Å². The number of hydrogen-bond donors (Lipinski definition) is 1. The van der Waals surface area contributed by atoms with Crippen molar-refractivity contribution in [1.82, 2.24) is 20.4 Å². The second kappa shape index (κ2) is 7.55. The first kappa shape index (κ1) is 15.2. The molecule has 0 saturated carbocycles. The van der Waals surface area contributed by atoms with E-state index in [2.05, 4.69) is 27.3 Å². The van der Waals surface area contributed by atoms with E-state index < -0.39 is 0 Å². The van der Waals surface area contributed by atoms with Crippen LogP contribution in [0.2, 0.25) is 5.15 Å². The van der Waals surface area contributed by atoms with Crippen molar-refractivity contribution in [3.63, 3.8) is 0 Å². The Morgan fingerprint density at radius 3 is 3.00 bits per heavy atom. The lowest BCUT2D eigenvalue weighted by Crippen LogP contribution is -2.39. The zero-order chi connectivity index (χ0) is 14.4. The third kappa shape index (κ3) is 4.42. The van der Waals surface area contributed by atoms with Crippen molar-refractivity contribution in [1.29, 1.82) is 0 Å². The predicted octanol–water partition coefficient (Wildman–Crippen LogP) is 2.12. The van der Waals surface area contributed by atoms with E-state index in [1.165, 1.54) is 25.8 Å². The number of hydrogen-bond acceptors (Lipinski definition) is 4. The Morgan fingerprint density at radius 1 is 1.45 bits per heavy atom. The first-order chi connectivity index (χ1) is 9.66. The molecule has 1 fully saturated rings. The van der Waals surface area contributed by atoms with Gasteiger partial charge in [0.05, 0.1) is 0 Å². The van der Waals surface area contributed by atoms with Crippen molar-refractivity contribution in [2.75, 3.05) is 19.6 Å². The number of carbonyl (C=O) groups excluding carboxylic acids is 1. The Hall–Kier alpha value is -1.20. The molecule has 1 aromatic heterocycles. The number of nitrogens with zero attached hydrogens (tertiary/aromatic N) is 3. The molecular formula is C14H21ClN4O. The minimum Gasteiger partial charge on any atom is -0.351 e. The van der Waals surface area contributed by atoms with Crippen LogP contribution in [0.15, 0.2) is 12.1 Å². The van der Waals surface area contributed by atoms with Crippen molar-refractivity contribution in [2.45, 2.75) is 38.6 Å². The summed E-state index contributed by atoms with van der Waals surface area (Å²) in [6.07, 6.45) is 4.87. The molecule has 1 aliphatic rings. The number of carbonyl (C=O) groups is 1. The highest BCUT2D eigenvalue weighted by Gasteiger charge is 2.17. The summed E-state index contributed by atoms with van der Waals surface area (Å²) in [5, 5.41) is 10.6. The standard InChI is InChI=1S/C14H21ClN4O/c1-11-5-2-3-9-19(11)10-4-8-16-14(20)12-6-7-13(15)18-17-12/h6-7,11H,2-5,8-10H2,1H3,(H,16,20). The summed E-state index contributed by atoms with van der Waals surface area (Å²) in [4.78, 5) is 14.3. The van der Waals surface area contributed by atoms with E-state index in [-0.39, 0.29) is 5.91 Å². The van der Waals surface area contributed by atoms with Gasteiger partial charge in [0.2, 0.25) is 0 Å². The predicted molar refractivity (Wildman–Crippen MR) is 78.9 cm³/mol. The summed E-state index contributed by atoms with van der Waals surface area (Å²) >= 11 is 5.63. The van der Waals surface area contributed by atoms with Crippen LogP contribution in [-0.2, 0) is 0 Å². The molecule has 20 heavy (non-hydrogen) atoms. The van der Waals surface area contributed by atoms with Gasteiger partial charge in [0, 0.05) is 19.1 Å². The molecular weight excluding hydrogens is 276 g/mol. The van der Waals surface area contributed by atoms with Gasteiger partial charge in [-0.15, -0.1) is 10.2 Å². The Labute approximate surface area is 124 Å². The third-order valence-corrected chi connectivity index (χ3v) is 3.91. The largest absolute Gasteiger partial charge is 0.351 e. The van der Waals surface area contributed by atoms with Crippen molar-refractivity contribution >= 4 is 17.5 Å². The fraction of sp³-hybridized carbons (Fsp3) is 0.643. The minimum atomic E-state index is -0.194. The van der Waals surface area contributed by atoms with Gasteiger partial charge in [-0.3, -0.25) is 4.79 Å². The number of rotatable bonds is 5. The van der Waals surface area contributed by atoms with Crippen molar-refractivity contribution in [2.24, 2.45) is 0 Å². The number of nitrogens with one attached hydrogen (secondary N) is 1.